The van der Waals surface area contributed by atoms with Gasteiger partial charge < -0.3 is 14.6 Å². The van der Waals surface area contributed by atoms with Gasteiger partial charge in [0.2, 0.25) is 0 Å². The summed E-state index contributed by atoms with van der Waals surface area (Å²) >= 11 is 3.39. The number of benzene rings is 2. The quantitative estimate of drug-likeness (QED) is 0.935. The standard InChI is InChI=1S/C14H13BrO3/c1-17-14-8-10(6-7-11(14)15)9-18-13-5-3-2-4-12(13)16/h2-8,16H,9H2,1H3. The lowest BCUT2D eigenvalue weighted by Crippen LogP contribution is -1.96. The van der Waals surface area contributed by atoms with Gasteiger partial charge >= 0.3 is 0 Å². The monoisotopic (exact) mass is 308 g/mol. The van der Waals surface area contributed by atoms with Gasteiger partial charge in [0.1, 0.15) is 12.4 Å². The Hall–Kier alpha value is -1.68. The molecule has 18 heavy (non-hydrogen) atoms. The molecule has 4 heteroatoms. The molecule has 0 fully saturated rings. The molecule has 1 N–H and O–H groups in total. The molecule has 0 aliphatic heterocycles. The van der Waals surface area contributed by atoms with Gasteiger partial charge in [0.15, 0.2) is 11.5 Å². The SMILES string of the molecule is COc1cc(COc2ccccc2O)ccc1Br. The number of para-hydroxylation sites is 2. The topological polar surface area (TPSA) is 38.7 Å². The minimum atomic E-state index is 0.140. The van der Waals surface area contributed by atoms with Crippen LogP contribution in [0.2, 0.25) is 0 Å². The van der Waals surface area contributed by atoms with Gasteiger partial charge in [-0.1, -0.05) is 18.2 Å². The van der Waals surface area contributed by atoms with E-state index in [1.807, 2.05) is 24.3 Å². The fourth-order valence-corrected chi connectivity index (χ4v) is 1.94. The van der Waals surface area contributed by atoms with Gasteiger partial charge in [-0.2, -0.15) is 0 Å². The van der Waals surface area contributed by atoms with Gasteiger partial charge in [-0.05, 0) is 45.8 Å². The van der Waals surface area contributed by atoms with Crippen LogP contribution in [0.3, 0.4) is 0 Å². The van der Waals surface area contributed by atoms with Crippen LogP contribution in [-0.2, 0) is 6.61 Å². The van der Waals surface area contributed by atoms with Gasteiger partial charge in [0.05, 0.1) is 11.6 Å². The number of ether oxygens (including phenoxy) is 2. The first kappa shape index (κ1) is 12.8. The summed E-state index contributed by atoms with van der Waals surface area (Å²) in [5.41, 5.74) is 0.971. The van der Waals surface area contributed by atoms with E-state index >= 15 is 0 Å². The Kier molecular flexibility index (Phi) is 4.10. The van der Waals surface area contributed by atoms with Crippen LogP contribution in [0.5, 0.6) is 17.2 Å². The van der Waals surface area contributed by atoms with Crippen molar-refractivity contribution in [2.45, 2.75) is 6.61 Å². The number of aromatic hydroxyl groups is 1. The minimum Gasteiger partial charge on any atom is -0.504 e. The van der Waals surface area contributed by atoms with Crippen LogP contribution < -0.4 is 9.47 Å². The third kappa shape index (κ3) is 2.96. The van der Waals surface area contributed by atoms with Crippen molar-refractivity contribution < 1.29 is 14.6 Å². The number of phenols is 1. The van der Waals surface area contributed by atoms with Crippen molar-refractivity contribution >= 4 is 15.9 Å². The molecule has 0 spiro atoms. The van der Waals surface area contributed by atoms with Gasteiger partial charge in [-0.15, -0.1) is 0 Å². The second-order valence-electron chi connectivity index (χ2n) is 3.73. The average Bonchev–Trinajstić information content (AvgIpc) is 2.39. The van der Waals surface area contributed by atoms with Gasteiger partial charge in [0, 0.05) is 0 Å². The van der Waals surface area contributed by atoms with E-state index in [1.165, 1.54) is 0 Å². The van der Waals surface area contributed by atoms with Crippen molar-refractivity contribution in [2.24, 2.45) is 0 Å². The molecule has 2 aromatic rings. The van der Waals surface area contributed by atoms with E-state index in [0.29, 0.717) is 12.4 Å². The molecule has 0 amide bonds. The fourth-order valence-electron chi connectivity index (χ4n) is 1.53. The highest BCUT2D eigenvalue weighted by atomic mass is 79.9. The van der Waals surface area contributed by atoms with Crippen molar-refractivity contribution in [3.8, 4) is 17.2 Å². The van der Waals surface area contributed by atoms with E-state index in [0.717, 1.165) is 15.8 Å². The van der Waals surface area contributed by atoms with E-state index in [1.54, 1.807) is 25.3 Å². The summed E-state index contributed by atoms with van der Waals surface area (Å²) in [5, 5.41) is 9.58. The molecule has 0 bridgehead atoms. The van der Waals surface area contributed by atoms with Gasteiger partial charge in [0.25, 0.3) is 0 Å². The summed E-state index contributed by atoms with van der Waals surface area (Å²) in [5.74, 6) is 1.37. The summed E-state index contributed by atoms with van der Waals surface area (Å²) in [6, 6.07) is 12.6. The van der Waals surface area contributed by atoms with Crippen LogP contribution >= 0.6 is 15.9 Å². The number of rotatable bonds is 4. The zero-order valence-corrected chi connectivity index (χ0v) is 11.5. The highest BCUT2D eigenvalue weighted by Crippen LogP contribution is 2.28. The van der Waals surface area contributed by atoms with E-state index in [9.17, 15) is 5.11 Å². The van der Waals surface area contributed by atoms with Crippen LogP contribution in [0.15, 0.2) is 46.9 Å². The van der Waals surface area contributed by atoms with Crippen LogP contribution in [0, 0.1) is 0 Å². The molecular weight excluding hydrogens is 296 g/mol. The number of phenolic OH excluding ortho intramolecular Hbond substituents is 1. The lowest BCUT2D eigenvalue weighted by Gasteiger charge is -2.09. The molecule has 0 heterocycles. The Morgan fingerprint density at radius 2 is 1.89 bits per heavy atom. The highest BCUT2D eigenvalue weighted by molar-refractivity contribution is 9.10. The average molecular weight is 309 g/mol. The summed E-state index contributed by atoms with van der Waals surface area (Å²) < 4.78 is 11.7. The first-order chi connectivity index (χ1) is 8.70. The minimum absolute atomic E-state index is 0.140. The molecule has 0 aliphatic carbocycles. The maximum atomic E-state index is 9.58. The maximum absolute atomic E-state index is 9.58. The second-order valence-corrected chi connectivity index (χ2v) is 4.58. The largest absolute Gasteiger partial charge is 0.504 e. The van der Waals surface area contributed by atoms with Crippen molar-refractivity contribution in [2.75, 3.05) is 7.11 Å². The Morgan fingerprint density at radius 3 is 2.61 bits per heavy atom. The van der Waals surface area contributed by atoms with E-state index in [-0.39, 0.29) is 5.75 Å². The molecule has 2 rings (SSSR count). The first-order valence-corrected chi connectivity index (χ1v) is 6.23. The molecule has 0 atom stereocenters. The number of halogens is 1. The Balaban J connectivity index is 2.09. The van der Waals surface area contributed by atoms with Crippen LogP contribution in [0.1, 0.15) is 5.56 Å². The lowest BCUT2D eigenvalue weighted by atomic mass is 10.2. The Bertz CT molecular complexity index is 540. The maximum Gasteiger partial charge on any atom is 0.161 e. The van der Waals surface area contributed by atoms with Crippen molar-refractivity contribution in [3.63, 3.8) is 0 Å². The summed E-state index contributed by atoms with van der Waals surface area (Å²) in [4.78, 5) is 0. The van der Waals surface area contributed by atoms with Gasteiger partial charge in [-0.25, -0.2) is 0 Å². The third-order valence-corrected chi connectivity index (χ3v) is 3.13. The lowest BCUT2D eigenvalue weighted by molar-refractivity contribution is 0.288. The molecule has 0 saturated heterocycles. The summed E-state index contributed by atoms with van der Waals surface area (Å²) in [6.07, 6.45) is 0. The Morgan fingerprint density at radius 1 is 1.11 bits per heavy atom. The van der Waals surface area contributed by atoms with Crippen LogP contribution in [-0.4, -0.2) is 12.2 Å². The van der Waals surface area contributed by atoms with Gasteiger partial charge in [-0.3, -0.25) is 0 Å². The fraction of sp³-hybridized carbons (Fsp3) is 0.143. The summed E-state index contributed by atoms with van der Waals surface area (Å²) in [6.45, 7) is 0.376. The molecule has 0 aromatic heterocycles. The molecule has 3 nitrogen and oxygen atoms in total. The molecule has 0 aliphatic rings. The first-order valence-electron chi connectivity index (χ1n) is 5.44. The predicted octanol–water partition coefficient (Wildman–Crippen LogP) is 3.74. The summed E-state index contributed by atoms with van der Waals surface area (Å²) in [7, 11) is 1.62. The smallest absolute Gasteiger partial charge is 0.161 e. The second kappa shape index (κ2) is 5.78. The van der Waals surface area contributed by atoms with E-state index < -0.39 is 0 Å². The third-order valence-electron chi connectivity index (χ3n) is 2.48. The molecule has 0 saturated carbocycles. The number of methoxy groups -OCH3 is 1. The molecule has 2 aromatic carbocycles. The number of hydrogen-bond donors (Lipinski definition) is 1. The zero-order valence-electron chi connectivity index (χ0n) is 9.89. The van der Waals surface area contributed by atoms with Crippen molar-refractivity contribution in [3.05, 3.63) is 52.5 Å². The van der Waals surface area contributed by atoms with Crippen LogP contribution in [0.25, 0.3) is 0 Å². The predicted molar refractivity (Wildman–Crippen MR) is 73.1 cm³/mol. The van der Waals surface area contributed by atoms with E-state index in [4.69, 9.17) is 9.47 Å². The molecular formula is C14H13BrO3. The highest BCUT2D eigenvalue weighted by Gasteiger charge is 2.04. The normalized spacial score (nSPS) is 10.1. The van der Waals surface area contributed by atoms with Crippen molar-refractivity contribution in [1.82, 2.24) is 0 Å². The molecule has 0 radical (unpaired) electrons. The van der Waals surface area contributed by atoms with E-state index in [2.05, 4.69) is 15.9 Å². The van der Waals surface area contributed by atoms with Crippen molar-refractivity contribution in [1.29, 1.82) is 0 Å². The molecule has 94 valence electrons. The number of hydrogen-bond acceptors (Lipinski definition) is 3. The Labute approximate surface area is 114 Å². The molecule has 0 unspecified atom stereocenters. The van der Waals surface area contributed by atoms with Crippen LogP contribution in [0.4, 0.5) is 0 Å². The zero-order chi connectivity index (χ0) is 13.0.